The first-order valence-corrected chi connectivity index (χ1v) is 43.3. The van der Waals surface area contributed by atoms with Crippen molar-refractivity contribution in [2.45, 2.75) is 206 Å². The molecule has 8 amide bonds. The van der Waals surface area contributed by atoms with E-state index >= 15 is 28.8 Å². The molecular formula is C85H101Cl2N11O26S. The molecule has 37 nitrogen and oxygen atoms in total. The first kappa shape index (κ1) is 91.0. The number of ether oxygens (including phenoxy) is 7. The van der Waals surface area contributed by atoms with Gasteiger partial charge in [-0.25, -0.2) is 13.1 Å². The number of fused-ring (bicyclic) bond motifs is 15. The summed E-state index contributed by atoms with van der Waals surface area (Å²) in [4.78, 5) is 124. The Morgan fingerprint density at radius 1 is 0.680 bits per heavy atom. The van der Waals surface area contributed by atoms with Crippen molar-refractivity contribution < 1.29 is 126 Å². The van der Waals surface area contributed by atoms with Gasteiger partial charge in [0.05, 0.1) is 52.8 Å². The van der Waals surface area contributed by atoms with Gasteiger partial charge in [0, 0.05) is 35.2 Å². The van der Waals surface area contributed by atoms with Gasteiger partial charge in [0.15, 0.2) is 23.9 Å². The number of benzene rings is 6. The van der Waals surface area contributed by atoms with Crippen LogP contribution in [0.5, 0.6) is 51.7 Å². The average molecular weight is 1800 g/mol. The maximum Gasteiger partial charge on any atom is 0.264 e. The topological polar surface area (TPSA) is 578 Å². The highest BCUT2D eigenvalue weighted by molar-refractivity contribution is 7.90. The minimum atomic E-state index is -4.93. The van der Waals surface area contributed by atoms with Crippen molar-refractivity contribution in [3.05, 3.63) is 141 Å². The summed E-state index contributed by atoms with van der Waals surface area (Å²) in [5.74, 6) is -14.3. The second-order valence-electron chi connectivity index (χ2n) is 33.9. The lowest BCUT2D eigenvalue weighted by Crippen LogP contribution is -2.64. The van der Waals surface area contributed by atoms with Crippen molar-refractivity contribution in [1.82, 2.24) is 47.3 Å². The summed E-state index contributed by atoms with van der Waals surface area (Å²) < 4.78 is 75.0. The van der Waals surface area contributed by atoms with E-state index in [1.54, 1.807) is 13.8 Å². The lowest BCUT2D eigenvalue weighted by molar-refractivity contribution is -0.333. The predicted octanol–water partition coefficient (Wildman–Crippen LogP) is 2.71. The summed E-state index contributed by atoms with van der Waals surface area (Å²) in [6.45, 7) is 6.04. The fourth-order valence-corrected chi connectivity index (χ4v) is 19.6. The van der Waals surface area contributed by atoms with Crippen molar-refractivity contribution in [2.75, 3.05) is 26.8 Å². The van der Waals surface area contributed by atoms with E-state index in [-0.39, 0.29) is 83.1 Å². The Morgan fingerprint density at radius 3 is 1.90 bits per heavy atom. The normalized spacial score (nSPS) is 30.5. The van der Waals surface area contributed by atoms with E-state index in [0.29, 0.717) is 18.3 Å². The molecule has 7 heterocycles. The molecule has 2 saturated heterocycles. The predicted molar refractivity (Wildman–Crippen MR) is 442 cm³/mol. The zero-order valence-electron chi connectivity index (χ0n) is 68.4. The Labute approximate surface area is 727 Å². The van der Waals surface area contributed by atoms with Gasteiger partial charge in [0.1, 0.15) is 101 Å². The molecule has 0 spiro atoms. The number of amides is 8. The number of likely N-dealkylation sites (N-methyl/N-ethyl adjacent to an activating group) is 1. The number of phenols is 3. The van der Waals surface area contributed by atoms with Gasteiger partial charge in [0.2, 0.25) is 59.3 Å². The number of sulfonamides is 1. The van der Waals surface area contributed by atoms with Gasteiger partial charge < -0.3 is 133 Å². The second kappa shape index (κ2) is 37.3. The highest BCUT2D eigenvalue weighted by Gasteiger charge is 2.53. The second-order valence-corrected chi connectivity index (χ2v) is 36.4. The molecule has 17 rings (SSSR count). The van der Waals surface area contributed by atoms with E-state index in [1.165, 1.54) is 51.2 Å². The molecule has 6 aromatic carbocycles. The summed E-state index contributed by atoms with van der Waals surface area (Å²) in [6, 6.07) is 3.90. The Morgan fingerprint density at radius 2 is 1.30 bits per heavy atom. The van der Waals surface area contributed by atoms with Crippen LogP contribution in [0, 0.1) is 29.6 Å². The molecule has 0 aromatic heterocycles. The summed E-state index contributed by atoms with van der Waals surface area (Å²) in [6.07, 6.45) is -14.6. The fourth-order valence-electron chi connectivity index (χ4n) is 18.1. The van der Waals surface area contributed by atoms with Crippen LogP contribution in [0.25, 0.3) is 11.1 Å². The Balaban J connectivity index is 0.968. The van der Waals surface area contributed by atoms with Gasteiger partial charge >= 0.3 is 0 Å². The highest BCUT2D eigenvalue weighted by atomic mass is 35.5. The number of carbonyl (C=O) groups is 8. The highest BCUT2D eigenvalue weighted by Crippen LogP contribution is 2.55. The molecule has 6 aromatic rings. The molecule has 11 aliphatic rings. The first-order chi connectivity index (χ1) is 59.4. The van der Waals surface area contributed by atoms with Crippen LogP contribution in [0.2, 0.25) is 10.0 Å². The zero-order valence-corrected chi connectivity index (χ0v) is 70.7. The van der Waals surface area contributed by atoms with E-state index in [2.05, 4.69) is 42.5 Å². The Kier molecular flexibility index (Phi) is 27.2. The third-order valence-electron chi connectivity index (χ3n) is 24.3. The van der Waals surface area contributed by atoms with Crippen molar-refractivity contribution in [3.63, 3.8) is 0 Å². The summed E-state index contributed by atoms with van der Waals surface area (Å²) >= 11 is 14.5. The number of aromatic hydroxyl groups is 3. The molecule has 6 fully saturated rings. The van der Waals surface area contributed by atoms with E-state index in [0.717, 1.165) is 105 Å². The third-order valence-corrected chi connectivity index (χ3v) is 26.3. The number of aliphatic hydroxyl groups excluding tert-OH is 6. The number of rotatable bonds is 20. The van der Waals surface area contributed by atoms with Gasteiger partial charge in [-0.05, 0) is 209 Å². The van der Waals surface area contributed by atoms with E-state index in [9.17, 15) is 64.0 Å². The van der Waals surface area contributed by atoms with Crippen LogP contribution in [-0.4, -0.2) is 213 Å². The number of hydrogen-bond acceptors (Lipinski definition) is 29. The molecular weight excluding hydrogens is 1690 g/mol. The minimum absolute atomic E-state index is 0.0429. The summed E-state index contributed by atoms with van der Waals surface area (Å²) in [5.41, 5.74) is 8.32. The largest absolute Gasteiger partial charge is 0.508 e. The molecule has 22 N–H and O–H groups in total. The molecule has 0 unspecified atom stereocenters. The lowest BCUT2D eigenvalue weighted by Gasteiger charge is -2.54. The Hall–Kier alpha value is -10.3. The van der Waals surface area contributed by atoms with Crippen LogP contribution < -0.4 is 77.7 Å². The monoisotopic (exact) mass is 1790 g/mol. The molecule has 125 heavy (non-hydrogen) atoms. The van der Waals surface area contributed by atoms with Gasteiger partial charge in [0.25, 0.3) is 10.0 Å². The maximum absolute atomic E-state index is 16.7. The van der Waals surface area contributed by atoms with Gasteiger partial charge in [-0.2, -0.15) is 0 Å². The molecule has 18 atom stereocenters. The third kappa shape index (κ3) is 19.5. The van der Waals surface area contributed by atoms with Crippen molar-refractivity contribution >= 4 is 80.5 Å². The maximum atomic E-state index is 16.7. The number of nitrogens with two attached hydrogens (primary N) is 2. The standard InChI is InChI=1S/C85H101Cl2N11O26S/c1-35(2)19-52(90-5)77(109)96-68-70(104)40-8-15-56(50(86)26-40)120-58-28-44-29-59(74(58)124-84-75(73(107)72(106)60(34-99)122-84)123-62-33-85(4,89)76(108)36(3)119-62)121-57-16-9-41(27-51(57)87)71(105)69-83(115)95-67(81(113)92-64-42-21-37-20-38(23-42)24-43(64)22-37)49-30-45(100)31-55(102)63(49)48-25-39(7-14-54(48)101)65(79(111)97-69)94-80(112)66(44)93-78(110)53(91-82(68)114)32-61(103)98-125(116,117)47-12-10-46(11-13-47)118-18-6-17-88/h7-16,25-31,35-38,42-43,52-53,60,62,64-73,75-76,84,90,99-102,104-108H,6,17-24,32-34,88-89H2,1-5H3,(H,91,114)(H,92,113)(H,93,110)(H,94,112)(H,95,115)(H,96,109)(H,97,111)(H,98,103)/t36-,37?,38?,42?,43?,52+,53-,60+,62-,64?,65+,66+,67-,68+,69-,70+,71+,72+,73-,75+,76+,84-,85-/m0/s1. The number of carbonyl (C=O) groups excluding carboxylic acids is 8. The van der Waals surface area contributed by atoms with E-state index < -0.39 is 252 Å². The summed E-state index contributed by atoms with van der Waals surface area (Å²) in [5, 5.41) is 127. The summed E-state index contributed by atoms with van der Waals surface area (Å²) in [7, 11) is -3.48. The van der Waals surface area contributed by atoms with Crippen LogP contribution in [-0.2, 0) is 62.6 Å². The van der Waals surface area contributed by atoms with Crippen molar-refractivity contribution in [1.29, 1.82) is 0 Å². The van der Waals surface area contributed by atoms with Crippen molar-refractivity contribution in [2.24, 2.45) is 41.1 Å². The SMILES string of the molecule is CN[C@H](CC(C)C)C(=O)N[C@H]1C(=O)N[C@@H](CC(=O)NS(=O)(=O)c2ccc(OCCCN)cc2)C(=O)N[C@H]2C(=O)N[C@H]3C(=O)N[C@H](C(=O)N[C@H](C(=O)NC4C5CC6CC(C5)CC4C6)c4cc(O)cc(O)c4-c4cc3ccc4O)[C@H](O)c3ccc(c(Cl)c3)Oc3cc2cc(c3O[C@@H]2O[C@H](CO)[C@@H](O)[C@H](O)[C@H]2O[C@H]2C[C@](C)(N)[C@H](O)[C@H](C)O2)Oc2ccc(cc2Cl)[C@H]1O. The van der Waals surface area contributed by atoms with Gasteiger partial charge in [-0.1, -0.05) is 55.2 Å². The van der Waals surface area contributed by atoms with Gasteiger partial charge in [-0.15, -0.1) is 0 Å². The quantitative estimate of drug-likeness (QED) is 0.0489. The van der Waals surface area contributed by atoms with Crippen LogP contribution in [0.15, 0.2) is 108 Å². The molecule has 672 valence electrons. The van der Waals surface area contributed by atoms with Crippen LogP contribution in [0.3, 0.4) is 0 Å². The van der Waals surface area contributed by atoms with Crippen LogP contribution >= 0.6 is 23.2 Å². The number of aliphatic hydroxyl groups is 6. The number of phenolic OH excluding ortho intramolecular Hbond substituents is 3. The van der Waals surface area contributed by atoms with Crippen LogP contribution in [0.4, 0.5) is 0 Å². The lowest BCUT2D eigenvalue weighted by atomic mass is 9.54. The molecule has 4 saturated carbocycles. The number of nitrogens with one attached hydrogen (secondary N) is 9. The minimum Gasteiger partial charge on any atom is -0.508 e. The Bertz CT molecular complexity index is 5220. The molecule has 4 aliphatic carbocycles. The van der Waals surface area contributed by atoms with E-state index in [4.69, 9.17) is 67.8 Å². The molecule has 7 aliphatic heterocycles. The van der Waals surface area contributed by atoms with Gasteiger partial charge in [-0.3, -0.25) is 38.4 Å². The molecule has 0 radical (unpaired) electrons. The first-order valence-electron chi connectivity index (χ1n) is 41.1. The molecule has 15 bridgehead atoms. The number of halogens is 2. The fraction of sp³-hybridized carbons (Fsp3) is 0.482. The molecule has 40 heteroatoms. The van der Waals surface area contributed by atoms with E-state index in [1.807, 2.05) is 4.72 Å². The van der Waals surface area contributed by atoms with Crippen molar-refractivity contribution in [3.8, 4) is 62.9 Å². The number of hydrogen-bond donors (Lipinski definition) is 20. The van der Waals surface area contributed by atoms with Crippen LogP contribution in [0.1, 0.15) is 144 Å². The average Bonchev–Trinajstić information content (AvgIpc) is 0.792. The smallest absolute Gasteiger partial charge is 0.264 e. The zero-order chi connectivity index (χ0) is 89.7.